The number of carbonyl (C=O) groups excluding carboxylic acids is 1. The highest BCUT2D eigenvalue weighted by Gasteiger charge is 2.13. The van der Waals surface area contributed by atoms with Gasteiger partial charge in [0.1, 0.15) is 5.75 Å². The first-order valence-corrected chi connectivity index (χ1v) is 5.09. The van der Waals surface area contributed by atoms with Crippen molar-refractivity contribution in [3.63, 3.8) is 0 Å². The summed E-state index contributed by atoms with van der Waals surface area (Å²) >= 11 is 10.7. The summed E-state index contributed by atoms with van der Waals surface area (Å²) in [6, 6.07) is 7.21. The Morgan fingerprint density at radius 2 is 1.93 bits per heavy atom. The third-order valence-electron chi connectivity index (χ3n) is 1.73. The first-order valence-electron chi connectivity index (χ1n) is 4.22. The van der Waals surface area contributed by atoms with Crippen molar-refractivity contribution in [2.75, 3.05) is 0 Å². The molecule has 0 N–H and O–H groups in total. The minimum Gasteiger partial charge on any atom is -0.425 e. The van der Waals surface area contributed by atoms with Gasteiger partial charge < -0.3 is 4.74 Å². The van der Waals surface area contributed by atoms with Crippen LogP contribution in [0.15, 0.2) is 24.3 Å². The molecule has 0 atom stereocenters. The molecular weight excluding hydrogens is 223 g/mol. The van der Waals surface area contributed by atoms with E-state index in [-0.39, 0.29) is 0 Å². The maximum Gasteiger partial charge on any atom is 0.344 e. The van der Waals surface area contributed by atoms with E-state index in [1.54, 1.807) is 12.1 Å². The predicted octanol–water partition coefficient (Wildman–Crippen LogP) is 2.96. The first kappa shape index (κ1) is 11.3. The summed E-state index contributed by atoms with van der Waals surface area (Å²) < 4.78 is 4.87. The zero-order valence-corrected chi connectivity index (χ0v) is 9.18. The fourth-order valence-corrected chi connectivity index (χ4v) is 1.04. The van der Waals surface area contributed by atoms with Crippen molar-refractivity contribution >= 4 is 29.2 Å². The summed E-state index contributed by atoms with van der Waals surface area (Å²) in [6.07, 6.45) is 0.946. The minimum absolute atomic E-state index is 0.457. The molecule has 0 spiro atoms. The number of hydrogen-bond acceptors (Lipinski definition) is 2. The van der Waals surface area contributed by atoms with Crippen molar-refractivity contribution in [1.82, 2.24) is 0 Å². The largest absolute Gasteiger partial charge is 0.425 e. The standard InChI is InChI=1S/C10H10Cl2O2/c1-2-7-3-5-8(6-4-7)14-10(13)9(11)12/h3-6,9H,2H2,1H3. The maximum atomic E-state index is 11.0. The van der Waals surface area contributed by atoms with Gasteiger partial charge in [-0.15, -0.1) is 0 Å². The van der Waals surface area contributed by atoms with Crippen LogP contribution in [-0.2, 0) is 11.2 Å². The number of esters is 1. The Kier molecular flexibility index (Phi) is 4.23. The molecule has 1 aromatic rings. The molecular formula is C10H10Cl2O2. The van der Waals surface area contributed by atoms with Crippen LogP contribution in [0.2, 0.25) is 0 Å². The summed E-state index contributed by atoms with van der Waals surface area (Å²) in [5.41, 5.74) is 1.18. The van der Waals surface area contributed by atoms with E-state index in [1.165, 1.54) is 5.56 Å². The van der Waals surface area contributed by atoms with E-state index in [9.17, 15) is 4.79 Å². The molecule has 0 aromatic heterocycles. The van der Waals surface area contributed by atoms with Gasteiger partial charge in [0.25, 0.3) is 0 Å². The van der Waals surface area contributed by atoms with Crippen LogP contribution in [0.3, 0.4) is 0 Å². The third-order valence-corrected chi connectivity index (χ3v) is 2.08. The fourth-order valence-electron chi connectivity index (χ4n) is 0.954. The van der Waals surface area contributed by atoms with Crippen LogP contribution in [-0.4, -0.2) is 10.8 Å². The highest BCUT2D eigenvalue weighted by atomic mass is 35.5. The maximum absolute atomic E-state index is 11.0. The molecule has 0 aliphatic heterocycles. The fraction of sp³-hybridized carbons (Fsp3) is 0.300. The Morgan fingerprint density at radius 1 is 1.36 bits per heavy atom. The Labute approximate surface area is 92.8 Å². The molecule has 0 bridgehead atoms. The molecule has 0 radical (unpaired) electrons. The van der Waals surface area contributed by atoms with E-state index < -0.39 is 10.8 Å². The van der Waals surface area contributed by atoms with Crippen molar-refractivity contribution in [1.29, 1.82) is 0 Å². The minimum atomic E-state index is -1.14. The smallest absolute Gasteiger partial charge is 0.344 e. The van der Waals surface area contributed by atoms with E-state index in [2.05, 4.69) is 6.92 Å². The number of alkyl halides is 2. The molecule has 76 valence electrons. The Morgan fingerprint density at radius 3 is 2.36 bits per heavy atom. The van der Waals surface area contributed by atoms with Crippen LogP contribution >= 0.6 is 23.2 Å². The van der Waals surface area contributed by atoms with Gasteiger partial charge in [-0.3, -0.25) is 0 Å². The lowest BCUT2D eigenvalue weighted by atomic mass is 10.2. The van der Waals surface area contributed by atoms with Crippen molar-refractivity contribution in [3.8, 4) is 5.75 Å². The number of benzene rings is 1. The lowest BCUT2D eigenvalue weighted by molar-refractivity contribution is -0.132. The number of halogens is 2. The van der Waals surface area contributed by atoms with Crippen molar-refractivity contribution in [2.45, 2.75) is 18.2 Å². The molecule has 1 rings (SSSR count). The van der Waals surface area contributed by atoms with Crippen molar-refractivity contribution < 1.29 is 9.53 Å². The van der Waals surface area contributed by atoms with E-state index in [4.69, 9.17) is 27.9 Å². The van der Waals surface area contributed by atoms with E-state index in [1.807, 2.05) is 12.1 Å². The second-order valence-electron chi connectivity index (χ2n) is 2.72. The normalized spacial score (nSPS) is 10.3. The lowest BCUT2D eigenvalue weighted by Gasteiger charge is -2.04. The number of rotatable bonds is 3. The molecule has 0 amide bonds. The van der Waals surface area contributed by atoms with Crippen molar-refractivity contribution in [2.24, 2.45) is 0 Å². The van der Waals surface area contributed by atoms with Gasteiger partial charge in [-0.25, -0.2) is 4.79 Å². The third kappa shape index (κ3) is 3.20. The zero-order chi connectivity index (χ0) is 10.6. The Bertz CT molecular complexity index is 306. The van der Waals surface area contributed by atoms with Crippen LogP contribution in [0, 0.1) is 0 Å². The van der Waals surface area contributed by atoms with Crippen LogP contribution in [0.25, 0.3) is 0 Å². The van der Waals surface area contributed by atoms with Gasteiger partial charge in [-0.05, 0) is 24.1 Å². The van der Waals surface area contributed by atoms with E-state index in [0.29, 0.717) is 5.75 Å². The molecule has 0 fully saturated rings. The summed E-state index contributed by atoms with van der Waals surface area (Å²) in [4.78, 5) is 9.84. The van der Waals surface area contributed by atoms with E-state index in [0.717, 1.165) is 6.42 Å². The molecule has 0 aliphatic rings. The number of ether oxygens (including phenoxy) is 1. The highest BCUT2D eigenvalue weighted by molar-refractivity contribution is 6.53. The lowest BCUT2D eigenvalue weighted by Crippen LogP contribution is -2.15. The topological polar surface area (TPSA) is 26.3 Å². The van der Waals surface area contributed by atoms with Crippen LogP contribution in [0.1, 0.15) is 12.5 Å². The van der Waals surface area contributed by atoms with Gasteiger partial charge in [0.2, 0.25) is 4.84 Å². The van der Waals surface area contributed by atoms with Gasteiger partial charge in [0.05, 0.1) is 0 Å². The molecule has 0 aliphatic carbocycles. The molecule has 1 aromatic carbocycles. The van der Waals surface area contributed by atoms with Gasteiger partial charge in [-0.2, -0.15) is 0 Å². The quantitative estimate of drug-likeness (QED) is 0.455. The summed E-state index contributed by atoms with van der Waals surface area (Å²) in [5, 5.41) is 0. The average molecular weight is 233 g/mol. The second kappa shape index (κ2) is 5.23. The van der Waals surface area contributed by atoms with Crippen LogP contribution in [0.5, 0.6) is 5.75 Å². The zero-order valence-electron chi connectivity index (χ0n) is 7.67. The van der Waals surface area contributed by atoms with Crippen LogP contribution < -0.4 is 4.74 Å². The number of hydrogen-bond donors (Lipinski definition) is 0. The van der Waals surface area contributed by atoms with Crippen molar-refractivity contribution in [3.05, 3.63) is 29.8 Å². The molecule has 14 heavy (non-hydrogen) atoms. The summed E-state index contributed by atoms with van der Waals surface area (Å²) in [5.74, 6) is -0.198. The molecule has 4 heteroatoms. The molecule has 0 heterocycles. The highest BCUT2D eigenvalue weighted by Crippen LogP contribution is 2.15. The summed E-state index contributed by atoms with van der Waals surface area (Å²) in [7, 11) is 0. The molecule has 0 unspecified atom stereocenters. The Hall–Kier alpha value is -0.730. The van der Waals surface area contributed by atoms with Crippen LogP contribution in [0.4, 0.5) is 0 Å². The van der Waals surface area contributed by atoms with Gasteiger partial charge in [0, 0.05) is 0 Å². The second-order valence-corrected chi connectivity index (χ2v) is 3.82. The van der Waals surface area contributed by atoms with Gasteiger partial charge in [-0.1, -0.05) is 42.3 Å². The predicted molar refractivity (Wildman–Crippen MR) is 56.9 cm³/mol. The summed E-state index contributed by atoms with van der Waals surface area (Å²) in [6.45, 7) is 2.05. The monoisotopic (exact) mass is 232 g/mol. The molecule has 2 nitrogen and oxygen atoms in total. The molecule has 0 saturated carbocycles. The SMILES string of the molecule is CCc1ccc(OC(=O)C(Cl)Cl)cc1. The first-order chi connectivity index (χ1) is 6.63. The van der Waals surface area contributed by atoms with Gasteiger partial charge >= 0.3 is 5.97 Å². The Balaban J connectivity index is 2.64. The van der Waals surface area contributed by atoms with E-state index >= 15 is 0 Å². The number of aryl methyl sites for hydroxylation is 1. The number of carbonyl (C=O) groups is 1. The van der Waals surface area contributed by atoms with Gasteiger partial charge in [0.15, 0.2) is 0 Å². The molecule has 0 saturated heterocycles. The average Bonchev–Trinajstić information content (AvgIpc) is 2.19.